The van der Waals surface area contributed by atoms with E-state index >= 15 is 0 Å². The molecule has 4 heteroatoms. The van der Waals surface area contributed by atoms with E-state index in [0.717, 1.165) is 5.56 Å². The Balaban J connectivity index is 2.71. The molecule has 0 saturated heterocycles. The minimum absolute atomic E-state index is 0.240. The van der Waals surface area contributed by atoms with Gasteiger partial charge in [-0.25, -0.2) is 10.7 Å². The van der Waals surface area contributed by atoms with Gasteiger partial charge in [0, 0.05) is 0 Å². The normalized spacial score (nSPS) is 8.92. The molecule has 1 rings (SSSR count). The molecule has 1 aromatic rings. The van der Waals surface area contributed by atoms with Crippen LogP contribution in [0.1, 0.15) is 5.56 Å². The van der Waals surface area contributed by atoms with Gasteiger partial charge in [-0.05, 0) is 5.56 Å². The minimum Gasteiger partial charge on any atom is -0.294 e. The molecule has 13 heavy (non-hydrogen) atoms. The average molecular weight is 175 g/mol. The van der Waals surface area contributed by atoms with Crippen LogP contribution in [0, 0.1) is 6.57 Å². The second-order valence-corrected chi connectivity index (χ2v) is 2.52. The molecule has 1 amide bonds. The molecule has 1 aromatic carbocycles. The molecule has 0 bridgehead atoms. The van der Waals surface area contributed by atoms with Crippen molar-refractivity contribution in [1.82, 2.24) is 5.43 Å². The van der Waals surface area contributed by atoms with Crippen LogP contribution in [0.15, 0.2) is 24.3 Å². The number of benzene rings is 1. The van der Waals surface area contributed by atoms with Gasteiger partial charge in [-0.15, -0.1) is 0 Å². The van der Waals surface area contributed by atoms with Crippen molar-refractivity contribution in [3.8, 4) is 0 Å². The van der Waals surface area contributed by atoms with E-state index in [1.807, 2.05) is 5.43 Å². The van der Waals surface area contributed by atoms with Gasteiger partial charge in [0.1, 0.15) is 0 Å². The molecule has 0 aliphatic rings. The molecule has 0 radical (unpaired) electrons. The lowest BCUT2D eigenvalue weighted by atomic mass is 10.1. The Morgan fingerprint density at radius 1 is 1.46 bits per heavy atom. The first-order chi connectivity index (χ1) is 6.26. The van der Waals surface area contributed by atoms with Crippen LogP contribution in [0.4, 0.5) is 5.69 Å². The zero-order chi connectivity index (χ0) is 9.68. The number of nitrogens with two attached hydrogens (primary N) is 1. The summed E-state index contributed by atoms with van der Waals surface area (Å²) in [5.41, 5.74) is 3.45. The zero-order valence-corrected chi connectivity index (χ0v) is 6.95. The maximum atomic E-state index is 10.8. The number of rotatable bonds is 2. The number of hydrogen-bond donors (Lipinski definition) is 2. The smallest absolute Gasteiger partial charge is 0.238 e. The summed E-state index contributed by atoms with van der Waals surface area (Å²) < 4.78 is 0. The molecule has 3 N–H and O–H groups in total. The number of nitrogens with one attached hydrogen (secondary N) is 1. The maximum absolute atomic E-state index is 10.8. The summed E-state index contributed by atoms with van der Waals surface area (Å²) in [5, 5.41) is 0. The minimum atomic E-state index is -0.240. The van der Waals surface area contributed by atoms with Gasteiger partial charge in [0.25, 0.3) is 0 Å². The molecule has 0 aliphatic carbocycles. The van der Waals surface area contributed by atoms with Crippen molar-refractivity contribution in [1.29, 1.82) is 0 Å². The van der Waals surface area contributed by atoms with E-state index in [2.05, 4.69) is 4.85 Å². The van der Waals surface area contributed by atoms with Gasteiger partial charge in [0.2, 0.25) is 5.91 Å². The van der Waals surface area contributed by atoms with Crippen LogP contribution in [-0.2, 0) is 11.2 Å². The molecule has 0 atom stereocenters. The highest BCUT2D eigenvalue weighted by Crippen LogP contribution is 2.12. The van der Waals surface area contributed by atoms with Crippen LogP contribution >= 0.6 is 0 Å². The highest BCUT2D eigenvalue weighted by Gasteiger charge is 2.00. The van der Waals surface area contributed by atoms with E-state index in [4.69, 9.17) is 12.4 Å². The first-order valence-corrected chi connectivity index (χ1v) is 3.72. The van der Waals surface area contributed by atoms with Gasteiger partial charge >= 0.3 is 0 Å². The van der Waals surface area contributed by atoms with Crippen LogP contribution in [-0.4, -0.2) is 5.91 Å². The average Bonchev–Trinajstić information content (AvgIpc) is 2.19. The highest BCUT2D eigenvalue weighted by molar-refractivity contribution is 5.78. The van der Waals surface area contributed by atoms with Crippen LogP contribution in [0.2, 0.25) is 0 Å². The molecular formula is C9H9N3O. The standard InChI is InChI=1S/C9H9N3O/c1-11-8-4-2-7(3-5-8)6-9(13)12-10/h2-5H,6,10H2,(H,12,13). The molecule has 66 valence electrons. The van der Waals surface area contributed by atoms with Gasteiger partial charge < -0.3 is 0 Å². The summed E-state index contributed by atoms with van der Waals surface area (Å²) in [6, 6.07) is 6.82. The largest absolute Gasteiger partial charge is 0.294 e. The van der Waals surface area contributed by atoms with Crippen LogP contribution in [0.3, 0.4) is 0 Å². The van der Waals surface area contributed by atoms with E-state index in [0.29, 0.717) is 5.69 Å². The first kappa shape index (κ1) is 9.23. The van der Waals surface area contributed by atoms with Gasteiger partial charge in [-0.1, -0.05) is 24.3 Å². The quantitative estimate of drug-likeness (QED) is 0.302. The lowest BCUT2D eigenvalue weighted by Gasteiger charge is -1.99. The number of carbonyl (C=O) groups excluding carboxylic acids is 1. The van der Waals surface area contributed by atoms with Crippen molar-refractivity contribution in [3.63, 3.8) is 0 Å². The zero-order valence-electron chi connectivity index (χ0n) is 6.95. The Morgan fingerprint density at radius 3 is 2.54 bits per heavy atom. The lowest BCUT2D eigenvalue weighted by Crippen LogP contribution is -2.31. The van der Waals surface area contributed by atoms with Crippen LogP contribution in [0.5, 0.6) is 0 Å². The molecule has 0 aromatic heterocycles. The fourth-order valence-corrected chi connectivity index (χ4v) is 0.925. The lowest BCUT2D eigenvalue weighted by molar-refractivity contribution is -0.120. The molecule has 0 spiro atoms. The fraction of sp³-hybridized carbons (Fsp3) is 0.111. The molecule has 4 nitrogen and oxygen atoms in total. The number of nitrogens with zero attached hydrogens (tertiary/aromatic N) is 1. The third-order valence-corrected chi connectivity index (χ3v) is 1.59. The van der Waals surface area contributed by atoms with Gasteiger partial charge in [-0.2, -0.15) is 0 Å². The van der Waals surface area contributed by atoms with Crippen LogP contribution < -0.4 is 11.3 Å². The van der Waals surface area contributed by atoms with Crippen molar-refractivity contribution in [3.05, 3.63) is 41.2 Å². The van der Waals surface area contributed by atoms with E-state index < -0.39 is 0 Å². The summed E-state index contributed by atoms with van der Waals surface area (Å²) in [4.78, 5) is 14.1. The van der Waals surface area contributed by atoms with Crippen molar-refractivity contribution in [2.45, 2.75) is 6.42 Å². The molecule has 0 aliphatic heterocycles. The topological polar surface area (TPSA) is 59.5 Å². The molecule has 0 unspecified atom stereocenters. The van der Waals surface area contributed by atoms with Gasteiger partial charge in [0.15, 0.2) is 5.69 Å². The Morgan fingerprint density at radius 2 is 2.08 bits per heavy atom. The van der Waals surface area contributed by atoms with E-state index in [-0.39, 0.29) is 12.3 Å². The SMILES string of the molecule is [C-]#[N+]c1ccc(CC(=O)NN)cc1. The summed E-state index contributed by atoms with van der Waals surface area (Å²) >= 11 is 0. The monoisotopic (exact) mass is 175 g/mol. The van der Waals surface area contributed by atoms with Gasteiger partial charge in [-0.3, -0.25) is 10.2 Å². The van der Waals surface area contributed by atoms with E-state index in [9.17, 15) is 4.79 Å². The second kappa shape index (κ2) is 4.24. The van der Waals surface area contributed by atoms with Gasteiger partial charge in [0.05, 0.1) is 13.0 Å². The summed E-state index contributed by atoms with van der Waals surface area (Å²) in [7, 11) is 0. The van der Waals surface area contributed by atoms with Crippen molar-refractivity contribution in [2.75, 3.05) is 0 Å². The maximum Gasteiger partial charge on any atom is 0.238 e. The Bertz CT molecular complexity index is 337. The molecular weight excluding hydrogens is 166 g/mol. The predicted molar refractivity (Wildman–Crippen MR) is 48.7 cm³/mol. The van der Waals surface area contributed by atoms with E-state index in [1.54, 1.807) is 24.3 Å². The Labute approximate surface area is 76.2 Å². The number of amides is 1. The van der Waals surface area contributed by atoms with Crippen LogP contribution in [0.25, 0.3) is 4.85 Å². The Hall–Kier alpha value is -1.86. The fourth-order valence-electron chi connectivity index (χ4n) is 0.925. The number of hydrazine groups is 1. The summed E-state index contributed by atoms with van der Waals surface area (Å²) in [5.74, 6) is 4.69. The van der Waals surface area contributed by atoms with Crippen molar-refractivity contribution in [2.24, 2.45) is 5.84 Å². The highest BCUT2D eigenvalue weighted by atomic mass is 16.2. The van der Waals surface area contributed by atoms with Crippen molar-refractivity contribution >= 4 is 11.6 Å². The molecule has 0 heterocycles. The number of hydrogen-bond acceptors (Lipinski definition) is 2. The third-order valence-electron chi connectivity index (χ3n) is 1.59. The van der Waals surface area contributed by atoms with Crippen molar-refractivity contribution < 1.29 is 4.79 Å². The summed E-state index contributed by atoms with van der Waals surface area (Å²) in [6.07, 6.45) is 0.245. The molecule has 0 fully saturated rings. The molecule has 0 saturated carbocycles. The van der Waals surface area contributed by atoms with E-state index in [1.165, 1.54) is 0 Å². The number of carbonyl (C=O) groups is 1. The summed E-state index contributed by atoms with van der Waals surface area (Å²) in [6.45, 7) is 6.72. The second-order valence-electron chi connectivity index (χ2n) is 2.52. The first-order valence-electron chi connectivity index (χ1n) is 3.72. The Kier molecular flexibility index (Phi) is 3.01. The predicted octanol–water partition coefficient (Wildman–Crippen LogP) is 0.770. The third kappa shape index (κ3) is 2.58.